The summed E-state index contributed by atoms with van der Waals surface area (Å²) in [5.41, 5.74) is 2.29. The summed E-state index contributed by atoms with van der Waals surface area (Å²) in [6.45, 7) is 3.47. The van der Waals surface area contributed by atoms with Crippen molar-refractivity contribution in [3.05, 3.63) is 53.2 Å². The van der Waals surface area contributed by atoms with Gasteiger partial charge in [-0.05, 0) is 25.3 Å². The molecule has 0 saturated carbocycles. The lowest BCUT2D eigenvalue weighted by Crippen LogP contribution is -2.19. The zero-order valence-electron chi connectivity index (χ0n) is 17.1. The van der Waals surface area contributed by atoms with Crippen LogP contribution in [-0.2, 0) is 24.3 Å². The Morgan fingerprint density at radius 3 is 2.87 bits per heavy atom. The lowest BCUT2D eigenvalue weighted by molar-refractivity contribution is 0.178. The topological polar surface area (TPSA) is 77.8 Å². The minimum absolute atomic E-state index is 0.0265. The molecule has 1 aliphatic rings. The van der Waals surface area contributed by atoms with Gasteiger partial charge in [-0.15, -0.1) is 21.5 Å². The summed E-state index contributed by atoms with van der Waals surface area (Å²) in [7, 11) is 1.66. The summed E-state index contributed by atoms with van der Waals surface area (Å²) >= 11 is 1.63. The fourth-order valence-electron chi connectivity index (χ4n) is 4.03. The number of rotatable bonds is 6. The first-order valence-corrected chi connectivity index (χ1v) is 11.1. The van der Waals surface area contributed by atoms with E-state index in [-0.39, 0.29) is 6.04 Å². The molecule has 1 N–H and O–H groups in total. The third-order valence-electron chi connectivity index (χ3n) is 5.47. The van der Waals surface area contributed by atoms with Crippen LogP contribution in [0.2, 0.25) is 0 Å². The molecular formula is C22H24N6OS. The number of aromatic nitrogens is 5. The third kappa shape index (κ3) is 3.46. The van der Waals surface area contributed by atoms with Gasteiger partial charge in [-0.3, -0.25) is 0 Å². The zero-order chi connectivity index (χ0) is 20.5. The normalized spacial score (nSPS) is 14.6. The average Bonchev–Trinajstić information content (AvgIpc) is 3.39. The molecule has 0 radical (unpaired) electrons. The van der Waals surface area contributed by atoms with E-state index in [0.717, 1.165) is 51.8 Å². The number of hydrogen-bond donors (Lipinski definition) is 1. The molecule has 8 heteroatoms. The van der Waals surface area contributed by atoms with Crippen LogP contribution < -0.4 is 5.32 Å². The van der Waals surface area contributed by atoms with Crippen molar-refractivity contribution in [2.45, 2.75) is 45.4 Å². The Kier molecular flexibility index (Phi) is 5.18. The second-order valence-corrected chi connectivity index (χ2v) is 8.42. The van der Waals surface area contributed by atoms with Gasteiger partial charge in [-0.1, -0.05) is 30.3 Å². The Labute approximate surface area is 179 Å². The minimum atomic E-state index is -0.0265. The molecule has 0 spiro atoms. The van der Waals surface area contributed by atoms with Crippen LogP contribution in [0.4, 0.5) is 5.82 Å². The Morgan fingerprint density at radius 2 is 2.03 bits per heavy atom. The summed E-state index contributed by atoms with van der Waals surface area (Å²) in [5, 5.41) is 15.7. The van der Waals surface area contributed by atoms with Crippen molar-refractivity contribution in [2.75, 3.05) is 12.4 Å². The maximum absolute atomic E-state index is 5.30. The smallest absolute Gasteiger partial charge is 0.158 e. The van der Waals surface area contributed by atoms with Crippen LogP contribution in [0.3, 0.4) is 0 Å². The van der Waals surface area contributed by atoms with Crippen molar-refractivity contribution < 1.29 is 4.74 Å². The van der Waals surface area contributed by atoms with Gasteiger partial charge in [-0.2, -0.15) is 0 Å². The standard InChI is InChI=1S/C22H24N6OS/c1-14(21-27-26-18-10-6-7-11-28(18)21)23-20-19-16(15-8-4-3-5-9-15)13-30-22(19)25-17(24-20)12-29-2/h3-5,8-9,13-14H,6-7,10-12H2,1-2H3,(H,23,24,25). The summed E-state index contributed by atoms with van der Waals surface area (Å²) in [6.07, 6.45) is 3.35. The average molecular weight is 421 g/mol. The van der Waals surface area contributed by atoms with Crippen LogP contribution >= 0.6 is 11.3 Å². The van der Waals surface area contributed by atoms with Crippen molar-refractivity contribution in [1.29, 1.82) is 0 Å². The lowest BCUT2D eigenvalue weighted by atomic mass is 10.1. The number of benzene rings is 1. The first kappa shape index (κ1) is 19.1. The van der Waals surface area contributed by atoms with E-state index in [9.17, 15) is 0 Å². The van der Waals surface area contributed by atoms with Gasteiger partial charge in [0, 0.05) is 31.0 Å². The Bertz CT molecular complexity index is 1170. The van der Waals surface area contributed by atoms with Crippen LogP contribution in [0.5, 0.6) is 0 Å². The molecule has 0 aliphatic carbocycles. The molecule has 1 unspecified atom stereocenters. The van der Waals surface area contributed by atoms with E-state index < -0.39 is 0 Å². The van der Waals surface area contributed by atoms with E-state index in [1.54, 1.807) is 18.4 Å². The molecule has 4 heterocycles. The van der Waals surface area contributed by atoms with Crippen LogP contribution in [0.15, 0.2) is 35.7 Å². The van der Waals surface area contributed by atoms with E-state index in [1.807, 2.05) is 6.07 Å². The quantitative estimate of drug-likeness (QED) is 0.491. The van der Waals surface area contributed by atoms with Gasteiger partial charge in [0.05, 0.1) is 11.4 Å². The number of nitrogens with zero attached hydrogens (tertiary/aromatic N) is 5. The monoisotopic (exact) mass is 420 g/mol. The number of anilines is 1. The van der Waals surface area contributed by atoms with E-state index >= 15 is 0 Å². The van der Waals surface area contributed by atoms with Gasteiger partial charge in [0.15, 0.2) is 11.6 Å². The number of aryl methyl sites for hydroxylation is 1. The number of hydrogen-bond acceptors (Lipinski definition) is 7. The van der Waals surface area contributed by atoms with Crippen molar-refractivity contribution in [3.63, 3.8) is 0 Å². The van der Waals surface area contributed by atoms with Crippen LogP contribution in [-0.4, -0.2) is 31.8 Å². The number of methoxy groups -OCH3 is 1. The molecule has 0 fully saturated rings. The zero-order valence-corrected chi connectivity index (χ0v) is 17.9. The summed E-state index contributed by atoms with van der Waals surface area (Å²) in [6, 6.07) is 10.3. The summed E-state index contributed by atoms with van der Waals surface area (Å²) < 4.78 is 7.55. The molecule has 3 aromatic heterocycles. The minimum Gasteiger partial charge on any atom is -0.377 e. The second kappa shape index (κ2) is 8.12. The summed E-state index contributed by atoms with van der Waals surface area (Å²) in [4.78, 5) is 10.5. The largest absolute Gasteiger partial charge is 0.377 e. The number of thiophene rings is 1. The molecule has 0 bridgehead atoms. The highest BCUT2D eigenvalue weighted by Gasteiger charge is 2.22. The molecule has 154 valence electrons. The van der Waals surface area contributed by atoms with Crippen molar-refractivity contribution >= 4 is 27.4 Å². The van der Waals surface area contributed by atoms with Crippen LogP contribution in [0.1, 0.15) is 43.3 Å². The van der Waals surface area contributed by atoms with Gasteiger partial charge in [0.25, 0.3) is 0 Å². The number of nitrogens with one attached hydrogen (secondary N) is 1. The molecule has 0 saturated heterocycles. The lowest BCUT2D eigenvalue weighted by Gasteiger charge is -2.20. The predicted octanol–water partition coefficient (Wildman–Crippen LogP) is 4.61. The fourth-order valence-corrected chi connectivity index (χ4v) is 5.00. The Morgan fingerprint density at radius 1 is 1.17 bits per heavy atom. The third-order valence-corrected chi connectivity index (χ3v) is 6.34. The molecule has 0 amide bonds. The first-order chi connectivity index (χ1) is 14.7. The molecular weight excluding hydrogens is 396 g/mol. The van der Waals surface area contributed by atoms with E-state index in [1.165, 1.54) is 12.8 Å². The van der Waals surface area contributed by atoms with Crippen molar-refractivity contribution in [2.24, 2.45) is 0 Å². The van der Waals surface area contributed by atoms with Crippen molar-refractivity contribution in [1.82, 2.24) is 24.7 Å². The first-order valence-electron chi connectivity index (χ1n) is 10.3. The van der Waals surface area contributed by atoms with Gasteiger partial charge in [-0.25, -0.2) is 9.97 Å². The molecule has 5 rings (SSSR count). The second-order valence-electron chi connectivity index (χ2n) is 7.57. The SMILES string of the molecule is COCc1nc(NC(C)c2nnc3n2CCCC3)c2c(-c3ccccc3)csc2n1. The highest BCUT2D eigenvalue weighted by Crippen LogP contribution is 2.38. The highest BCUT2D eigenvalue weighted by atomic mass is 32.1. The van der Waals surface area contributed by atoms with Crippen molar-refractivity contribution in [3.8, 4) is 11.1 Å². The van der Waals surface area contributed by atoms with Gasteiger partial charge >= 0.3 is 0 Å². The Balaban J connectivity index is 1.58. The summed E-state index contributed by atoms with van der Waals surface area (Å²) in [5.74, 6) is 3.52. The van der Waals surface area contributed by atoms with Gasteiger partial charge in [0.2, 0.25) is 0 Å². The maximum atomic E-state index is 5.30. The molecule has 1 atom stereocenters. The maximum Gasteiger partial charge on any atom is 0.158 e. The van der Waals surface area contributed by atoms with E-state index in [4.69, 9.17) is 14.7 Å². The number of fused-ring (bicyclic) bond motifs is 2. The van der Waals surface area contributed by atoms with Gasteiger partial charge < -0.3 is 14.6 Å². The van der Waals surface area contributed by atoms with E-state index in [2.05, 4.69) is 56.7 Å². The van der Waals surface area contributed by atoms with E-state index in [0.29, 0.717) is 12.4 Å². The molecule has 30 heavy (non-hydrogen) atoms. The fraction of sp³-hybridized carbons (Fsp3) is 0.364. The van der Waals surface area contributed by atoms with Gasteiger partial charge in [0.1, 0.15) is 23.1 Å². The Hall–Kier alpha value is -2.84. The van der Waals surface area contributed by atoms with Crippen LogP contribution in [0.25, 0.3) is 21.3 Å². The number of ether oxygens (including phenoxy) is 1. The molecule has 4 aromatic rings. The predicted molar refractivity (Wildman–Crippen MR) is 119 cm³/mol. The molecule has 7 nitrogen and oxygen atoms in total. The molecule has 1 aliphatic heterocycles. The molecule has 1 aromatic carbocycles. The highest BCUT2D eigenvalue weighted by molar-refractivity contribution is 7.17. The van der Waals surface area contributed by atoms with Crippen LogP contribution in [0, 0.1) is 0 Å².